The van der Waals surface area contributed by atoms with Gasteiger partial charge in [0.2, 0.25) is 0 Å². The van der Waals surface area contributed by atoms with Crippen LogP contribution in [-0.4, -0.2) is 21.6 Å². The van der Waals surface area contributed by atoms with E-state index in [4.69, 9.17) is 5.73 Å². The van der Waals surface area contributed by atoms with Gasteiger partial charge >= 0.3 is 0 Å². The minimum absolute atomic E-state index is 0.227. The SMILES string of the molecule is NC(=O)C1=NN(c2ccccn2)C(c2ccccc2)c2[nH]c3ccccc3c21. The summed E-state index contributed by atoms with van der Waals surface area (Å²) in [5.74, 6) is 0.0675. The Hall–Kier alpha value is -3.93. The number of H-pyrrole nitrogens is 1. The molecule has 0 spiro atoms. The number of anilines is 1. The minimum Gasteiger partial charge on any atom is -0.364 e. The van der Waals surface area contributed by atoms with Crippen molar-refractivity contribution in [3.8, 4) is 0 Å². The highest BCUT2D eigenvalue weighted by Crippen LogP contribution is 2.40. The maximum Gasteiger partial charge on any atom is 0.269 e. The van der Waals surface area contributed by atoms with E-state index in [-0.39, 0.29) is 11.8 Å². The Morgan fingerprint density at radius 2 is 1.71 bits per heavy atom. The van der Waals surface area contributed by atoms with E-state index in [0.29, 0.717) is 5.82 Å². The fourth-order valence-electron chi connectivity index (χ4n) is 3.75. The molecule has 4 aromatic rings. The molecule has 1 aliphatic rings. The van der Waals surface area contributed by atoms with Crippen LogP contribution in [0.5, 0.6) is 0 Å². The molecular weight excluding hydrogens is 350 g/mol. The molecule has 0 radical (unpaired) electrons. The van der Waals surface area contributed by atoms with Gasteiger partial charge in [0.15, 0.2) is 5.71 Å². The fourth-order valence-corrected chi connectivity index (χ4v) is 3.75. The summed E-state index contributed by atoms with van der Waals surface area (Å²) in [6.07, 6.45) is 1.71. The maximum atomic E-state index is 12.3. The summed E-state index contributed by atoms with van der Waals surface area (Å²) in [5, 5.41) is 7.35. The van der Waals surface area contributed by atoms with Gasteiger partial charge in [-0.1, -0.05) is 54.6 Å². The Morgan fingerprint density at radius 3 is 2.46 bits per heavy atom. The minimum atomic E-state index is -0.571. The number of amides is 1. The van der Waals surface area contributed by atoms with E-state index in [0.717, 1.165) is 27.7 Å². The number of carbonyl (C=O) groups excluding carboxylic acids is 1. The molecule has 2 aromatic heterocycles. The Labute approximate surface area is 161 Å². The predicted molar refractivity (Wildman–Crippen MR) is 109 cm³/mol. The van der Waals surface area contributed by atoms with Gasteiger partial charge in [0.05, 0.1) is 5.69 Å². The normalized spacial score (nSPS) is 15.9. The van der Waals surface area contributed by atoms with Crippen molar-refractivity contribution in [2.45, 2.75) is 6.04 Å². The first-order chi connectivity index (χ1) is 13.7. The molecule has 1 atom stereocenters. The number of nitrogens with two attached hydrogens (primary N) is 1. The number of nitrogens with one attached hydrogen (secondary N) is 1. The van der Waals surface area contributed by atoms with Crippen LogP contribution in [0.25, 0.3) is 10.9 Å². The third kappa shape index (κ3) is 2.46. The van der Waals surface area contributed by atoms with Crippen molar-refractivity contribution < 1.29 is 4.79 Å². The molecule has 1 unspecified atom stereocenters. The number of carbonyl (C=O) groups is 1. The highest BCUT2D eigenvalue weighted by atomic mass is 16.1. The van der Waals surface area contributed by atoms with Crippen LogP contribution in [0.1, 0.15) is 22.9 Å². The molecule has 1 amide bonds. The van der Waals surface area contributed by atoms with Gasteiger partial charge in [-0.2, -0.15) is 5.10 Å². The number of aromatic amines is 1. The molecular formula is C22H17N5O. The zero-order chi connectivity index (χ0) is 19.1. The van der Waals surface area contributed by atoms with Gasteiger partial charge in [-0.25, -0.2) is 9.99 Å². The third-order valence-electron chi connectivity index (χ3n) is 4.93. The predicted octanol–water partition coefficient (Wildman–Crippen LogP) is 3.36. The molecule has 5 rings (SSSR count). The molecule has 0 aliphatic carbocycles. The number of hydrogen-bond acceptors (Lipinski definition) is 4. The van der Waals surface area contributed by atoms with Gasteiger partial charge in [-0.05, 0) is 23.8 Å². The van der Waals surface area contributed by atoms with Gasteiger partial charge in [0.1, 0.15) is 11.9 Å². The second kappa shape index (κ2) is 6.35. The second-order valence-electron chi connectivity index (χ2n) is 6.62. The first-order valence-electron chi connectivity index (χ1n) is 8.98. The highest BCUT2D eigenvalue weighted by Gasteiger charge is 2.36. The van der Waals surface area contributed by atoms with Gasteiger partial charge in [-0.15, -0.1) is 0 Å². The molecule has 3 N–H and O–H groups in total. The molecule has 6 nitrogen and oxygen atoms in total. The van der Waals surface area contributed by atoms with E-state index in [1.54, 1.807) is 11.2 Å². The fraction of sp³-hybridized carbons (Fsp3) is 0.0455. The van der Waals surface area contributed by atoms with Crippen LogP contribution in [0.4, 0.5) is 5.82 Å². The Balaban J connectivity index is 1.83. The van der Waals surface area contributed by atoms with Crippen molar-refractivity contribution in [2.24, 2.45) is 10.8 Å². The monoisotopic (exact) mass is 367 g/mol. The van der Waals surface area contributed by atoms with E-state index in [9.17, 15) is 4.79 Å². The van der Waals surface area contributed by atoms with Crippen molar-refractivity contribution in [1.82, 2.24) is 9.97 Å². The molecule has 0 saturated carbocycles. The van der Waals surface area contributed by atoms with E-state index < -0.39 is 5.91 Å². The Kier molecular flexibility index (Phi) is 3.69. The number of primary amides is 1. The average molecular weight is 367 g/mol. The van der Waals surface area contributed by atoms with Crippen LogP contribution in [0.2, 0.25) is 0 Å². The first kappa shape index (κ1) is 16.3. The topological polar surface area (TPSA) is 87.4 Å². The Morgan fingerprint density at radius 1 is 0.964 bits per heavy atom. The van der Waals surface area contributed by atoms with Crippen LogP contribution in [0.3, 0.4) is 0 Å². The van der Waals surface area contributed by atoms with E-state index >= 15 is 0 Å². The van der Waals surface area contributed by atoms with Crippen LogP contribution in [-0.2, 0) is 4.79 Å². The number of hydrazone groups is 1. The number of fused-ring (bicyclic) bond motifs is 3. The highest BCUT2D eigenvalue weighted by molar-refractivity contribution is 6.47. The summed E-state index contributed by atoms with van der Waals surface area (Å²) in [5.41, 5.74) is 9.55. The van der Waals surface area contributed by atoms with Gasteiger partial charge in [0, 0.05) is 22.7 Å². The van der Waals surface area contributed by atoms with Gasteiger partial charge in [-0.3, -0.25) is 4.79 Å². The summed E-state index contributed by atoms with van der Waals surface area (Å²) in [4.78, 5) is 20.3. The molecule has 28 heavy (non-hydrogen) atoms. The molecule has 1 aliphatic heterocycles. The first-order valence-corrected chi connectivity index (χ1v) is 8.98. The summed E-state index contributed by atoms with van der Waals surface area (Å²) in [6, 6.07) is 23.2. The maximum absolute atomic E-state index is 12.3. The van der Waals surface area contributed by atoms with E-state index in [2.05, 4.69) is 15.1 Å². The molecule has 6 heteroatoms. The Bertz CT molecular complexity index is 1200. The molecule has 2 aromatic carbocycles. The summed E-state index contributed by atoms with van der Waals surface area (Å²) in [6.45, 7) is 0. The standard InChI is InChI=1S/C22H17N5O/c23-22(28)20-18-15-10-4-5-11-16(15)25-19(18)21(14-8-2-1-3-9-14)27(26-20)17-12-6-7-13-24-17/h1-13,21,25H,(H2,23,28). The lowest BCUT2D eigenvalue weighted by Gasteiger charge is -2.33. The summed E-state index contributed by atoms with van der Waals surface area (Å²) >= 11 is 0. The van der Waals surface area contributed by atoms with Crippen molar-refractivity contribution >= 4 is 28.3 Å². The van der Waals surface area contributed by atoms with Crippen LogP contribution in [0.15, 0.2) is 84.1 Å². The van der Waals surface area contributed by atoms with Crippen LogP contribution in [0, 0.1) is 0 Å². The van der Waals surface area contributed by atoms with Gasteiger partial charge in [0.25, 0.3) is 5.91 Å². The molecule has 0 bridgehead atoms. The van der Waals surface area contributed by atoms with Crippen molar-refractivity contribution in [3.63, 3.8) is 0 Å². The van der Waals surface area contributed by atoms with Crippen molar-refractivity contribution in [2.75, 3.05) is 5.01 Å². The van der Waals surface area contributed by atoms with Crippen molar-refractivity contribution in [1.29, 1.82) is 0 Å². The smallest absolute Gasteiger partial charge is 0.269 e. The van der Waals surface area contributed by atoms with E-state index in [1.165, 1.54) is 0 Å². The molecule has 136 valence electrons. The lowest BCUT2D eigenvalue weighted by molar-refractivity contribution is -0.111. The molecule has 0 fully saturated rings. The number of hydrogen-bond donors (Lipinski definition) is 2. The van der Waals surface area contributed by atoms with Crippen LogP contribution >= 0.6 is 0 Å². The zero-order valence-electron chi connectivity index (χ0n) is 14.9. The zero-order valence-corrected chi connectivity index (χ0v) is 14.9. The lowest BCUT2D eigenvalue weighted by Crippen LogP contribution is -2.37. The van der Waals surface area contributed by atoms with E-state index in [1.807, 2.05) is 72.8 Å². The molecule has 0 saturated heterocycles. The number of para-hydroxylation sites is 1. The third-order valence-corrected chi connectivity index (χ3v) is 4.93. The lowest BCUT2D eigenvalue weighted by atomic mass is 9.94. The average Bonchev–Trinajstić information content (AvgIpc) is 3.13. The number of pyridine rings is 1. The number of benzene rings is 2. The van der Waals surface area contributed by atoms with Crippen LogP contribution < -0.4 is 10.7 Å². The second-order valence-corrected chi connectivity index (χ2v) is 6.62. The van der Waals surface area contributed by atoms with Crippen molar-refractivity contribution in [3.05, 3.63) is 95.8 Å². The van der Waals surface area contributed by atoms with Gasteiger partial charge < -0.3 is 10.7 Å². The summed E-state index contributed by atoms with van der Waals surface area (Å²) in [7, 11) is 0. The molecule has 3 heterocycles. The summed E-state index contributed by atoms with van der Waals surface area (Å²) < 4.78 is 0. The largest absolute Gasteiger partial charge is 0.364 e. The number of aromatic nitrogens is 2. The quantitative estimate of drug-likeness (QED) is 0.582. The number of rotatable bonds is 3. The number of nitrogens with zero attached hydrogens (tertiary/aromatic N) is 3.